The molecule has 0 saturated heterocycles. The molecule has 4 aromatic carbocycles. The highest BCUT2D eigenvalue weighted by atomic mass is 14.2. The van der Waals surface area contributed by atoms with Crippen LogP contribution in [0.2, 0.25) is 0 Å². The molecule has 0 fully saturated rings. The van der Waals surface area contributed by atoms with Crippen LogP contribution in [0.4, 0.5) is 0 Å². The molecule has 0 heterocycles. The highest BCUT2D eigenvalue weighted by Gasteiger charge is 2.12. The molecule has 0 aliphatic carbocycles. The molecule has 26 heavy (non-hydrogen) atoms. The molecule has 0 aromatic heterocycles. The minimum absolute atomic E-state index is 0.164. The van der Waals surface area contributed by atoms with Crippen LogP contribution in [0.15, 0.2) is 78.9 Å². The van der Waals surface area contributed by atoms with E-state index in [9.17, 15) is 0 Å². The normalized spacial score (nSPS) is 11.3. The van der Waals surface area contributed by atoms with Crippen molar-refractivity contribution < 1.29 is 0 Å². The van der Waals surface area contributed by atoms with E-state index in [1.807, 2.05) is 0 Å². The summed E-state index contributed by atoms with van der Waals surface area (Å²) in [7, 11) is 0. The lowest BCUT2D eigenvalue weighted by atomic mass is 9.87. The molecule has 0 spiro atoms. The molecule has 0 atom stereocenters. The maximum absolute atomic E-state index is 3.46. The first-order valence-electron chi connectivity index (χ1n) is 9.05. The van der Waals surface area contributed by atoms with E-state index in [0.717, 1.165) is 11.1 Å². The standard InChI is InChI=1S/C26H22/c1-26(2,3)22-15-12-19(13-16-22)14-17-25-23-10-6-4-8-20(23)18-21-9-5-7-11-24(21)25/h4-13,15-16,18H,1-3H3. The van der Waals surface area contributed by atoms with Crippen molar-refractivity contribution in [1.82, 2.24) is 0 Å². The monoisotopic (exact) mass is 334 g/mol. The fourth-order valence-electron chi connectivity index (χ4n) is 3.34. The van der Waals surface area contributed by atoms with E-state index >= 15 is 0 Å². The molecule has 0 aliphatic heterocycles. The van der Waals surface area contributed by atoms with Gasteiger partial charge in [0.15, 0.2) is 0 Å². The predicted octanol–water partition coefficient (Wildman–Crippen LogP) is 6.69. The highest BCUT2D eigenvalue weighted by molar-refractivity contribution is 6.04. The first-order chi connectivity index (χ1) is 12.5. The molecule has 0 nitrogen and oxygen atoms in total. The van der Waals surface area contributed by atoms with Crippen LogP contribution in [0.25, 0.3) is 21.5 Å². The zero-order valence-corrected chi connectivity index (χ0v) is 15.5. The van der Waals surface area contributed by atoms with Crippen LogP contribution in [-0.4, -0.2) is 0 Å². The van der Waals surface area contributed by atoms with Crippen molar-refractivity contribution in [1.29, 1.82) is 0 Å². The Labute approximate surface area is 155 Å². The molecule has 0 radical (unpaired) electrons. The second-order valence-electron chi connectivity index (χ2n) is 7.77. The average molecular weight is 334 g/mol. The largest absolute Gasteiger partial charge is 0.0616 e. The summed E-state index contributed by atoms with van der Waals surface area (Å²) in [5.74, 6) is 6.83. The first-order valence-corrected chi connectivity index (χ1v) is 9.05. The van der Waals surface area contributed by atoms with Crippen LogP contribution < -0.4 is 0 Å². The highest BCUT2D eigenvalue weighted by Crippen LogP contribution is 2.28. The molecule has 0 N–H and O–H groups in total. The minimum Gasteiger partial charge on any atom is -0.0616 e. The SMILES string of the molecule is CC(C)(C)c1ccc(C#Cc2c3ccccc3cc3ccccc23)cc1. The Morgan fingerprint density at radius 3 is 1.69 bits per heavy atom. The molecule has 0 unspecified atom stereocenters. The molecule has 0 amide bonds. The quantitative estimate of drug-likeness (QED) is 0.248. The summed E-state index contributed by atoms with van der Waals surface area (Å²) < 4.78 is 0. The number of benzene rings is 4. The summed E-state index contributed by atoms with van der Waals surface area (Å²) in [5.41, 5.74) is 3.66. The molecule has 4 aromatic rings. The van der Waals surface area contributed by atoms with Crippen LogP contribution in [-0.2, 0) is 5.41 Å². The fraction of sp³-hybridized carbons (Fsp3) is 0.154. The topological polar surface area (TPSA) is 0 Å². The Balaban J connectivity index is 1.86. The van der Waals surface area contributed by atoms with Crippen molar-refractivity contribution in [2.45, 2.75) is 26.2 Å². The van der Waals surface area contributed by atoms with Crippen LogP contribution in [0.1, 0.15) is 37.5 Å². The third-order valence-electron chi connectivity index (χ3n) is 4.85. The van der Waals surface area contributed by atoms with Gasteiger partial charge >= 0.3 is 0 Å². The molecule has 0 saturated carbocycles. The second kappa shape index (κ2) is 6.36. The molecular formula is C26H22. The average Bonchev–Trinajstić information content (AvgIpc) is 2.65. The third-order valence-corrected chi connectivity index (χ3v) is 4.85. The van der Waals surface area contributed by atoms with Gasteiger partial charge in [0.1, 0.15) is 0 Å². The van der Waals surface area contributed by atoms with Gasteiger partial charge < -0.3 is 0 Å². The van der Waals surface area contributed by atoms with Gasteiger partial charge in [-0.25, -0.2) is 0 Å². The van der Waals surface area contributed by atoms with Gasteiger partial charge in [-0.15, -0.1) is 0 Å². The van der Waals surface area contributed by atoms with Crippen molar-refractivity contribution in [2.24, 2.45) is 0 Å². The Bertz CT molecular complexity index is 1090. The predicted molar refractivity (Wildman–Crippen MR) is 113 cm³/mol. The van der Waals surface area contributed by atoms with Crippen LogP contribution in [0.5, 0.6) is 0 Å². The maximum atomic E-state index is 3.46. The number of hydrogen-bond donors (Lipinski definition) is 0. The van der Waals surface area contributed by atoms with Gasteiger partial charge in [-0.3, -0.25) is 0 Å². The van der Waals surface area contributed by atoms with Gasteiger partial charge in [0.25, 0.3) is 0 Å². The lowest BCUT2D eigenvalue weighted by Crippen LogP contribution is -2.10. The van der Waals surface area contributed by atoms with Gasteiger partial charge in [0, 0.05) is 11.1 Å². The maximum Gasteiger partial charge on any atom is 0.0405 e. The lowest BCUT2D eigenvalue weighted by molar-refractivity contribution is 0.590. The van der Waals surface area contributed by atoms with E-state index in [-0.39, 0.29) is 5.41 Å². The Morgan fingerprint density at radius 2 is 1.15 bits per heavy atom. The molecule has 0 bridgehead atoms. The van der Waals surface area contributed by atoms with Crippen molar-refractivity contribution in [3.8, 4) is 11.8 Å². The van der Waals surface area contributed by atoms with Gasteiger partial charge in [0.05, 0.1) is 0 Å². The zero-order valence-electron chi connectivity index (χ0n) is 15.5. The number of fused-ring (bicyclic) bond motifs is 2. The van der Waals surface area contributed by atoms with E-state index in [2.05, 4.69) is 111 Å². The van der Waals surface area contributed by atoms with Crippen molar-refractivity contribution in [2.75, 3.05) is 0 Å². The third kappa shape index (κ3) is 3.09. The minimum atomic E-state index is 0.164. The van der Waals surface area contributed by atoms with Crippen LogP contribution in [0, 0.1) is 11.8 Å². The fourth-order valence-corrected chi connectivity index (χ4v) is 3.34. The van der Waals surface area contributed by atoms with Crippen LogP contribution >= 0.6 is 0 Å². The molecule has 4 rings (SSSR count). The lowest BCUT2D eigenvalue weighted by Gasteiger charge is -2.18. The van der Waals surface area contributed by atoms with Gasteiger partial charge in [-0.2, -0.15) is 0 Å². The van der Waals surface area contributed by atoms with E-state index in [1.165, 1.54) is 27.1 Å². The van der Waals surface area contributed by atoms with Crippen LogP contribution in [0.3, 0.4) is 0 Å². The Morgan fingerprint density at radius 1 is 0.615 bits per heavy atom. The van der Waals surface area contributed by atoms with Gasteiger partial charge in [0.2, 0.25) is 0 Å². The molecular weight excluding hydrogens is 312 g/mol. The van der Waals surface area contributed by atoms with Crippen molar-refractivity contribution >= 4 is 21.5 Å². The van der Waals surface area contributed by atoms with Crippen molar-refractivity contribution in [3.63, 3.8) is 0 Å². The number of rotatable bonds is 0. The molecule has 126 valence electrons. The zero-order chi connectivity index (χ0) is 18.1. The Kier molecular flexibility index (Phi) is 4.02. The number of hydrogen-bond acceptors (Lipinski definition) is 0. The summed E-state index contributed by atoms with van der Waals surface area (Å²) >= 11 is 0. The van der Waals surface area contributed by atoms with E-state index in [1.54, 1.807) is 0 Å². The van der Waals surface area contributed by atoms with Gasteiger partial charge in [-0.05, 0) is 50.7 Å². The summed E-state index contributed by atoms with van der Waals surface area (Å²) in [6.45, 7) is 6.70. The van der Waals surface area contributed by atoms with E-state index in [0.29, 0.717) is 0 Å². The summed E-state index contributed by atoms with van der Waals surface area (Å²) in [6, 6.07) is 27.8. The van der Waals surface area contributed by atoms with Crippen molar-refractivity contribution in [3.05, 3.63) is 95.6 Å². The summed E-state index contributed by atoms with van der Waals surface area (Å²) in [4.78, 5) is 0. The second-order valence-corrected chi connectivity index (χ2v) is 7.77. The Hall–Kier alpha value is -3.04. The van der Waals surface area contributed by atoms with E-state index in [4.69, 9.17) is 0 Å². The molecule has 0 aliphatic rings. The van der Waals surface area contributed by atoms with Gasteiger partial charge in [-0.1, -0.05) is 93.3 Å². The molecule has 0 heteroatoms. The van der Waals surface area contributed by atoms with E-state index < -0.39 is 0 Å². The first kappa shape index (κ1) is 16.4. The summed E-state index contributed by atoms with van der Waals surface area (Å²) in [5, 5.41) is 4.90. The smallest absolute Gasteiger partial charge is 0.0405 e. The summed E-state index contributed by atoms with van der Waals surface area (Å²) in [6.07, 6.45) is 0.